The SMILES string of the molecule is C[N+](C)(C)CCCCCCCCCCCCOc1ccc(/C=C/c2ccc(C#N)cc2)cc1. The third-order valence-corrected chi connectivity index (χ3v) is 5.88. The number of rotatable bonds is 16. The zero-order chi connectivity index (χ0) is 23.8. The Balaban J connectivity index is 1.47. The predicted molar refractivity (Wildman–Crippen MR) is 141 cm³/mol. The molecule has 3 heteroatoms. The van der Waals surface area contributed by atoms with Crippen molar-refractivity contribution in [1.82, 2.24) is 0 Å². The quantitative estimate of drug-likeness (QED) is 0.150. The molecule has 0 amide bonds. The number of unbranched alkanes of at least 4 members (excludes halogenated alkanes) is 9. The number of hydrogen-bond donors (Lipinski definition) is 0. The molecule has 0 saturated carbocycles. The first-order valence-corrected chi connectivity index (χ1v) is 12.7. The van der Waals surface area contributed by atoms with Gasteiger partial charge in [-0.05, 0) is 54.7 Å². The van der Waals surface area contributed by atoms with Gasteiger partial charge in [0.15, 0.2) is 0 Å². The Morgan fingerprint density at radius 3 is 1.61 bits per heavy atom. The van der Waals surface area contributed by atoms with E-state index in [4.69, 9.17) is 10.00 Å². The number of ether oxygens (including phenoxy) is 1. The van der Waals surface area contributed by atoms with Crippen LogP contribution in [0.3, 0.4) is 0 Å². The Kier molecular flexibility index (Phi) is 12.4. The number of nitriles is 1. The van der Waals surface area contributed by atoms with Gasteiger partial charge in [-0.3, -0.25) is 0 Å². The number of quaternary nitrogens is 1. The average molecular weight is 448 g/mol. The number of hydrogen-bond acceptors (Lipinski definition) is 2. The van der Waals surface area contributed by atoms with Gasteiger partial charge in [-0.25, -0.2) is 0 Å². The van der Waals surface area contributed by atoms with E-state index in [1.807, 2.05) is 36.4 Å². The number of benzene rings is 2. The molecular formula is C30H43N2O+. The minimum Gasteiger partial charge on any atom is -0.494 e. The Morgan fingerprint density at radius 2 is 1.12 bits per heavy atom. The molecule has 0 heterocycles. The molecule has 33 heavy (non-hydrogen) atoms. The topological polar surface area (TPSA) is 33.0 Å². The Labute approximate surface area is 202 Å². The van der Waals surface area contributed by atoms with Crippen LogP contribution >= 0.6 is 0 Å². The van der Waals surface area contributed by atoms with Crippen molar-refractivity contribution in [3.05, 3.63) is 65.2 Å². The summed E-state index contributed by atoms with van der Waals surface area (Å²) >= 11 is 0. The molecule has 0 aliphatic rings. The van der Waals surface area contributed by atoms with E-state index in [1.165, 1.54) is 64.3 Å². The standard InChI is InChI=1S/C30H43N2O/c1-32(2,3)24-12-10-8-6-4-5-7-9-11-13-25-33-30-22-20-28(21-23-30)15-14-27-16-18-29(26-31)19-17-27/h14-23H,4-13,24-25H2,1-3H3/q+1/b15-14+. The van der Waals surface area contributed by atoms with Crippen molar-refractivity contribution in [1.29, 1.82) is 5.26 Å². The third kappa shape index (κ3) is 12.9. The summed E-state index contributed by atoms with van der Waals surface area (Å²) in [5, 5.41) is 8.87. The Morgan fingerprint density at radius 1 is 0.667 bits per heavy atom. The van der Waals surface area contributed by atoms with Gasteiger partial charge < -0.3 is 9.22 Å². The van der Waals surface area contributed by atoms with Crippen LogP contribution in [0.5, 0.6) is 5.75 Å². The summed E-state index contributed by atoms with van der Waals surface area (Å²) in [6, 6.07) is 18.0. The van der Waals surface area contributed by atoms with Crippen LogP contribution in [0.25, 0.3) is 12.2 Å². The monoisotopic (exact) mass is 447 g/mol. The highest BCUT2D eigenvalue weighted by Gasteiger charge is 2.05. The van der Waals surface area contributed by atoms with E-state index in [0.29, 0.717) is 5.56 Å². The maximum Gasteiger partial charge on any atom is 0.119 e. The van der Waals surface area contributed by atoms with Crippen LogP contribution in [-0.2, 0) is 0 Å². The minimum atomic E-state index is 0.686. The molecule has 3 nitrogen and oxygen atoms in total. The van der Waals surface area contributed by atoms with Crippen LogP contribution in [0.15, 0.2) is 48.5 Å². The Bertz CT molecular complexity index is 839. The number of nitrogens with zero attached hydrogens (tertiary/aromatic N) is 2. The largest absolute Gasteiger partial charge is 0.494 e. The van der Waals surface area contributed by atoms with Crippen molar-refractivity contribution in [3.8, 4) is 11.8 Å². The van der Waals surface area contributed by atoms with E-state index in [-0.39, 0.29) is 0 Å². The van der Waals surface area contributed by atoms with Gasteiger partial charge in [0.25, 0.3) is 0 Å². The maximum absolute atomic E-state index is 8.87. The lowest BCUT2D eigenvalue weighted by atomic mass is 10.1. The molecular weight excluding hydrogens is 404 g/mol. The molecule has 0 saturated heterocycles. The molecule has 0 bridgehead atoms. The van der Waals surface area contributed by atoms with Gasteiger partial charge in [-0.2, -0.15) is 5.26 Å². The van der Waals surface area contributed by atoms with Gasteiger partial charge in [0.2, 0.25) is 0 Å². The third-order valence-electron chi connectivity index (χ3n) is 5.88. The molecule has 2 rings (SSSR count). The summed E-state index contributed by atoms with van der Waals surface area (Å²) in [6.07, 6.45) is 17.5. The molecule has 0 aromatic heterocycles. The molecule has 0 N–H and O–H groups in total. The normalized spacial score (nSPS) is 11.6. The van der Waals surface area contributed by atoms with Crippen molar-refractivity contribution < 1.29 is 9.22 Å². The van der Waals surface area contributed by atoms with E-state index >= 15 is 0 Å². The molecule has 0 aliphatic heterocycles. The fourth-order valence-electron chi connectivity index (χ4n) is 3.83. The molecule has 0 fully saturated rings. The van der Waals surface area contributed by atoms with Crippen LogP contribution in [0.2, 0.25) is 0 Å². The molecule has 0 unspecified atom stereocenters. The second kappa shape index (κ2) is 15.3. The summed E-state index contributed by atoms with van der Waals surface area (Å²) < 4.78 is 6.99. The average Bonchev–Trinajstić information content (AvgIpc) is 2.81. The highest BCUT2D eigenvalue weighted by molar-refractivity contribution is 5.70. The second-order valence-electron chi connectivity index (χ2n) is 10.0. The summed E-state index contributed by atoms with van der Waals surface area (Å²) in [4.78, 5) is 0. The first-order chi connectivity index (χ1) is 16.0. The predicted octanol–water partition coefficient (Wildman–Crippen LogP) is 7.71. The smallest absolute Gasteiger partial charge is 0.119 e. The molecule has 178 valence electrons. The first kappa shape index (κ1) is 26.7. The lowest BCUT2D eigenvalue weighted by Gasteiger charge is -2.23. The second-order valence-corrected chi connectivity index (χ2v) is 10.0. The minimum absolute atomic E-state index is 0.686. The fraction of sp³-hybridized carbons (Fsp3) is 0.500. The van der Waals surface area contributed by atoms with Gasteiger partial charge in [-0.1, -0.05) is 81.4 Å². The van der Waals surface area contributed by atoms with Crippen molar-refractivity contribution in [3.63, 3.8) is 0 Å². The van der Waals surface area contributed by atoms with Gasteiger partial charge in [0, 0.05) is 0 Å². The zero-order valence-electron chi connectivity index (χ0n) is 21.1. The van der Waals surface area contributed by atoms with E-state index in [9.17, 15) is 0 Å². The van der Waals surface area contributed by atoms with Gasteiger partial charge >= 0.3 is 0 Å². The molecule has 2 aromatic carbocycles. The van der Waals surface area contributed by atoms with Crippen molar-refractivity contribution in [2.24, 2.45) is 0 Å². The summed E-state index contributed by atoms with van der Waals surface area (Å²) in [5.41, 5.74) is 2.91. The van der Waals surface area contributed by atoms with Gasteiger partial charge in [0.05, 0.1) is 45.9 Å². The van der Waals surface area contributed by atoms with E-state index in [0.717, 1.165) is 34.4 Å². The van der Waals surface area contributed by atoms with Gasteiger partial charge in [0.1, 0.15) is 5.75 Å². The highest BCUT2D eigenvalue weighted by atomic mass is 16.5. The fourth-order valence-corrected chi connectivity index (χ4v) is 3.83. The highest BCUT2D eigenvalue weighted by Crippen LogP contribution is 2.16. The molecule has 0 aliphatic carbocycles. The lowest BCUT2D eigenvalue weighted by Crippen LogP contribution is -2.35. The van der Waals surface area contributed by atoms with Crippen LogP contribution in [0.4, 0.5) is 0 Å². The van der Waals surface area contributed by atoms with Crippen LogP contribution in [0.1, 0.15) is 80.9 Å². The maximum atomic E-state index is 8.87. The van der Waals surface area contributed by atoms with Crippen molar-refractivity contribution in [2.75, 3.05) is 34.3 Å². The van der Waals surface area contributed by atoms with Crippen molar-refractivity contribution >= 4 is 12.2 Å². The summed E-state index contributed by atoms with van der Waals surface area (Å²) in [6.45, 7) is 2.09. The van der Waals surface area contributed by atoms with E-state index in [2.05, 4.69) is 51.5 Å². The van der Waals surface area contributed by atoms with Gasteiger partial charge in [-0.15, -0.1) is 0 Å². The van der Waals surface area contributed by atoms with Crippen LogP contribution < -0.4 is 4.74 Å². The lowest BCUT2D eigenvalue weighted by molar-refractivity contribution is -0.870. The molecule has 2 aromatic rings. The van der Waals surface area contributed by atoms with E-state index < -0.39 is 0 Å². The molecule has 0 atom stereocenters. The first-order valence-electron chi connectivity index (χ1n) is 12.7. The van der Waals surface area contributed by atoms with Crippen LogP contribution in [0, 0.1) is 11.3 Å². The summed E-state index contributed by atoms with van der Waals surface area (Å²) in [7, 11) is 6.84. The molecule has 0 spiro atoms. The zero-order valence-corrected chi connectivity index (χ0v) is 21.1. The Hall–Kier alpha value is -2.57. The van der Waals surface area contributed by atoms with Crippen molar-refractivity contribution in [2.45, 2.75) is 64.2 Å². The summed E-state index contributed by atoms with van der Waals surface area (Å²) in [5.74, 6) is 0.941. The van der Waals surface area contributed by atoms with Crippen LogP contribution in [-0.4, -0.2) is 38.8 Å². The molecule has 0 radical (unpaired) electrons. The van der Waals surface area contributed by atoms with E-state index in [1.54, 1.807) is 0 Å².